The Morgan fingerprint density at radius 2 is 1.68 bits per heavy atom. The van der Waals surface area contributed by atoms with E-state index >= 15 is 0 Å². The molecule has 0 bridgehead atoms. The van der Waals surface area contributed by atoms with Gasteiger partial charge in [-0.2, -0.15) is 0 Å². The third-order valence-corrected chi connectivity index (χ3v) is 5.23. The molecule has 2 aromatic rings. The fourth-order valence-corrected chi connectivity index (χ4v) is 3.44. The highest BCUT2D eigenvalue weighted by Crippen LogP contribution is 2.35. The van der Waals surface area contributed by atoms with Crippen LogP contribution in [0.15, 0.2) is 53.4 Å². The SMILES string of the molecule is CC(C)(CSc1ccc(Cl)cc1Cl)c1ccccc1. The average Bonchev–Trinajstić information content (AvgIpc) is 2.39. The molecule has 0 saturated heterocycles. The maximum Gasteiger partial charge on any atom is 0.0556 e. The maximum atomic E-state index is 6.20. The van der Waals surface area contributed by atoms with Gasteiger partial charge in [0, 0.05) is 15.7 Å². The van der Waals surface area contributed by atoms with E-state index in [-0.39, 0.29) is 5.41 Å². The van der Waals surface area contributed by atoms with Crippen molar-refractivity contribution >= 4 is 35.0 Å². The number of hydrogen-bond donors (Lipinski definition) is 0. The van der Waals surface area contributed by atoms with Crippen molar-refractivity contribution in [2.45, 2.75) is 24.2 Å². The minimum atomic E-state index is 0.106. The molecule has 0 aliphatic carbocycles. The third kappa shape index (κ3) is 3.92. The van der Waals surface area contributed by atoms with Gasteiger partial charge in [0.05, 0.1) is 5.02 Å². The third-order valence-electron chi connectivity index (χ3n) is 3.04. The minimum Gasteiger partial charge on any atom is -0.124 e. The summed E-state index contributed by atoms with van der Waals surface area (Å²) in [7, 11) is 0. The summed E-state index contributed by atoms with van der Waals surface area (Å²) in [6.45, 7) is 4.50. The van der Waals surface area contributed by atoms with Crippen LogP contribution in [0.3, 0.4) is 0 Å². The molecule has 19 heavy (non-hydrogen) atoms. The fourth-order valence-electron chi connectivity index (χ4n) is 1.82. The minimum absolute atomic E-state index is 0.106. The Hall–Kier alpha value is -0.630. The van der Waals surface area contributed by atoms with Crippen molar-refractivity contribution in [3.63, 3.8) is 0 Å². The molecule has 0 atom stereocenters. The molecule has 0 N–H and O–H groups in total. The molecule has 2 aromatic carbocycles. The van der Waals surface area contributed by atoms with E-state index in [9.17, 15) is 0 Å². The van der Waals surface area contributed by atoms with Crippen molar-refractivity contribution in [3.8, 4) is 0 Å². The van der Waals surface area contributed by atoms with Gasteiger partial charge in [0.15, 0.2) is 0 Å². The molecule has 0 unspecified atom stereocenters. The second-order valence-electron chi connectivity index (χ2n) is 5.11. The zero-order valence-electron chi connectivity index (χ0n) is 11.0. The predicted molar refractivity (Wildman–Crippen MR) is 86.7 cm³/mol. The smallest absolute Gasteiger partial charge is 0.0556 e. The normalized spacial score (nSPS) is 11.6. The number of thioether (sulfide) groups is 1. The lowest BCUT2D eigenvalue weighted by molar-refractivity contribution is 0.602. The molecular weight excluding hydrogens is 295 g/mol. The van der Waals surface area contributed by atoms with E-state index in [1.807, 2.05) is 18.2 Å². The average molecular weight is 311 g/mol. The molecule has 0 radical (unpaired) electrons. The molecule has 0 aromatic heterocycles. The predicted octanol–water partition coefficient (Wildman–Crippen LogP) is 6.06. The van der Waals surface area contributed by atoms with E-state index in [4.69, 9.17) is 23.2 Å². The molecule has 0 amide bonds. The van der Waals surface area contributed by atoms with E-state index in [0.29, 0.717) is 5.02 Å². The lowest BCUT2D eigenvalue weighted by Gasteiger charge is -2.25. The zero-order chi connectivity index (χ0) is 13.9. The molecule has 0 fully saturated rings. The summed E-state index contributed by atoms with van der Waals surface area (Å²) < 4.78 is 0. The van der Waals surface area contributed by atoms with Gasteiger partial charge in [-0.25, -0.2) is 0 Å². The number of hydrogen-bond acceptors (Lipinski definition) is 1. The van der Waals surface area contributed by atoms with Crippen molar-refractivity contribution in [1.29, 1.82) is 0 Å². The van der Waals surface area contributed by atoms with Gasteiger partial charge in [0.25, 0.3) is 0 Å². The van der Waals surface area contributed by atoms with Crippen molar-refractivity contribution in [2.75, 3.05) is 5.75 Å². The first-order chi connectivity index (χ1) is 8.99. The van der Waals surface area contributed by atoms with E-state index in [2.05, 4.69) is 38.1 Å². The highest BCUT2D eigenvalue weighted by Gasteiger charge is 2.21. The summed E-state index contributed by atoms with van der Waals surface area (Å²) in [5.74, 6) is 0.971. The van der Waals surface area contributed by atoms with Crippen LogP contribution in [0.4, 0.5) is 0 Å². The van der Waals surface area contributed by atoms with Crippen LogP contribution in [0, 0.1) is 0 Å². The lowest BCUT2D eigenvalue weighted by Crippen LogP contribution is -2.20. The molecule has 0 saturated carbocycles. The Balaban J connectivity index is 2.09. The first kappa shape index (κ1) is 14.8. The monoisotopic (exact) mass is 310 g/mol. The molecule has 0 spiro atoms. The van der Waals surface area contributed by atoms with E-state index in [1.54, 1.807) is 17.8 Å². The summed E-state index contributed by atoms with van der Waals surface area (Å²) in [6.07, 6.45) is 0. The van der Waals surface area contributed by atoms with Crippen LogP contribution >= 0.6 is 35.0 Å². The van der Waals surface area contributed by atoms with E-state index in [0.717, 1.165) is 15.7 Å². The van der Waals surface area contributed by atoms with Crippen LogP contribution in [0.5, 0.6) is 0 Å². The van der Waals surface area contributed by atoms with Gasteiger partial charge in [0.2, 0.25) is 0 Å². The van der Waals surface area contributed by atoms with Crippen LogP contribution in [-0.2, 0) is 5.41 Å². The van der Waals surface area contributed by atoms with Gasteiger partial charge in [-0.3, -0.25) is 0 Å². The van der Waals surface area contributed by atoms with Gasteiger partial charge >= 0.3 is 0 Å². The van der Waals surface area contributed by atoms with Crippen molar-refractivity contribution in [3.05, 3.63) is 64.1 Å². The maximum absolute atomic E-state index is 6.20. The fraction of sp³-hybridized carbons (Fsp3) is 0.250. The summed E-state index contributed by atoms with van der Waals surface area (Å²) >= 11 is 13.9. The molecule has 0 nitrogen and oxygen atoms in total. The van der Waals surface area contributed by atoms with Gasteiger partial charge in [0.1, 0.15) is 0 Å². The largest absolute Gasteiger partial charge is 0.124 e. The molecule has 0 heterocycles. The van der Waals surface area contributed by atoms with Crippen molar-refractivity contribution in [2.24, 2.45) is 0 Å². The van der Waals surface area contributed by atoms with E-state index < -0.39 is 0 Å². The van der Waals surface area contributed by atoms with Crippen molar-refractivity contribution < 1.29 is 0 Å². The summed E-state index contributed by atoms with van der Waals surface area (Å²) in [4.78, 5) is 1.08. The Morgan fingerprint density at radius 1 is 1.00 bits per heavy atom. The standard InChI is InChI=1S/C16H16Cl2S/c1-16(2,12-6-4-3-5-7-12)11-19-15-9-8-13(17)10-14(15)18/h3-10H,11H2,1-2H3. The van der Waals surface area contributed by atoms with Crippen LogP contribution < -0.4 is 0 Å². The van der Waals surface area contributed by atoms with E-state index in [1.165, 1.54) is 5.56 Å². The van der Waals surface area contributed by atoms with Crippen LogP contribution in [0.2, 0.25) is 10.0 Å². The summed E-state index contributed by atoms with van der Waals surface area (Å²) in [5, 5.41) is 1.40. The molecule has 0 aliphatic rings. The quantitative estimate of drug-likeness (QED) is 0.618. The van der Waals surface area contributed by atoms with Gasteiger partial charge in [-0.1, -0.05) is 67.4 Å². The molecule has 2 rings (SSSR count). The molecular formula is C16H16Cl2S. The van der Waals surface area contributed by atoms with Crippen molar-refractivity contribution in [1.82, 2.24) is 0 Å². The second-order valence-corrected chi connectivity index (χ2v) is 6.97. The number of rotatable bonds is 4. The number of benzene rings is 2. The molecule has 3 heteroatoms. The van der Waals surface area contributed by atoms with Gasteiger partial charge < -0.3 is 0 Å². The Bertz CT molecular complexity index is 550. The summed E-state index contributed by atoms with van der Waals surface area (Å²) in [5.41, 5.74) is 1.45. The Labute approximate surface area is 129 Å². The topological polar surface area (TPSA) is 0 Å². The number of halogens is 2. The zero-order valence-corrected chi connectivity index (χ0v) is 13.3. The van der Waals surface area contributed by atoms with Gasteiger partial charge in [-0.05, 0) is 29.2 Å². The first-order valence-corrected chi connectivity index (χ1v) is 7.86. The van der Waals surface area contributed by atoms with Crippen LogP contribution in [0.25, 0.3) is 0 Å². The van der Waals surface area contributed by atoms with Crippen LogP contribution in [0.1, 0.15) is 19.4 Å². The second kappa shape index (κ2) is 6.21. The highest BCUT2D eigenvalue weighted by molar-refractivity contribution is 7.99. The van der Waals surface area contributed by atoms with Crippen LogP contribution in [-0.4, -0.2) is 5.75 Å². The van der Waals surface area contributed by atoms with Gasteiger partial charge in [-0.15, -0.1) is 11.8 Å². The Kier molecular flexibility index (Phi) is 4.83. The molecule has 0 aliphatic heterocycles. The Morgan fingerprint density at radius 3 is 2.32 bits per heavy atom. The first-order valence-electron chi connectivity index (χ1n) is 6.12. The lowest BCUT2D eigenvalue weighted by atomic mass is 9.87. The summed E-state index contributed by atoms with van der Waals surface area (Å²) in [6, 6.07) is 16.2. The highest BCUT2D eigenvalue weighted by atomic mass is 35.5. The molecule has 100 valence electrons.